The maximum Gasteiger partial charge on any atom is 0.325 e. The largest absolute Gasteiger partial charge is 0.325 e. The predicted molar refractivity (Wildman–Crippen MR) is 44.1 cm³/mol. The minimum Gasteiger partial charge on any atom is -0.324 e. The van der Waals surface area contributed by atoms with E-state index in [1.807, 2.05) is 0 Å². The van der Waals surface area contributed by atoms with Crippen molar-refractivity contribution in [3.8, 4) is 0 Å². The van der Waals surface area contributed by atoms with Gasteiger partial charge in [0.15, 0.2) is 0 Å². The van der Waals surface area contributed by atoms with Crippen molar-refractivity contribution in [2.45, 2.75) is 6.10 Å². The van der Waals surface area contributed by atoms with E-state index in [0.717, 1.165) is 6.66 Å². The molecule has 0 aromatic rings. The zero-order valence-corrected chi connectivity index (χ0v) is 8.20. The van der Waals surface area contributed by atoms with Crippen LogP contribution in [0.4, 0.5) is 0 Å². The third-order valence-electron chi connectivity index (χ3n) is 0.866. The summed E-state index contributed by atoms with van der Waals surface area (Å²) >= 11 is 3.41. The molecule has 2 N–H and O–H groups in total. The van der Waals surface area contributed by atoms with E-state index < -0.39 is 13.7 Å². The van der Waals surface area contributed by atoms with Gasteiger partial charge in [-0.05, 0) is 12.9 Å². The standard InChI is InChI=1S/C4H11O6PS/c1-11(6,7)10-4(2-8-5)3-9-12/h4-5,12H,2-3H2,1H3,(H,6,7). The highest BCUT2D eigenvalue weighted by molar-refractivity contribution is 7.75. The Labute approximate surface area is 75.5 Å². The highest BCUT2D eigenvalue weighted by Gasteiger charge is 2.19. The van der Waals surface area contributed by atoms with Crippen molar-refractivity contribution in [2.24, 2.45) is 0 Å². The minimum atomic E-state index is -3.59. The Morgan fingerprint density at radius 1 is 1.58 bits per heavy atom. The Kier molecular flexibility index (Phi) is 6.12. The van der Waals surface area contributed by atoms with Crippen molar-refractivity contribution in [1.29, 1.82) is 0 Å². The Balaban J connectivity index is 3.86. The molecule has 0 rings (SSSR count). The topological polar surface area (TPSA) is 85.2 Å². The van der Waals surface area contributed by atoms with Crippen LogP contribution in [0.2, 0.25) is 0 Å². The maximum absolute atomic E-state index is 10.7. The molecule has 0 amide bonds. The number of hydrogen-bond acceptors (Lipinski definition) is 6. The van der Waals surface area contributed by atoms with E-state index in [1.165, 1.54) is 0 Å². The van der Waals surface area contributed by atoms with E-state index in [4.69, 9.17) is 10.2 Å². The van der Waals surface area contributed by atoms with Gasteiger partial charge in [0.05, 0.1) is 6.61 Å². The molecule has 12 heavy (non-hydrogen) atoms. The highest BCUT2D eigenvalue weighted by Crippen LogP contribution is 2.38. The van der Waals surface area contributed by atoms with Gasteiger partial charge < -0.3 is 13.6 Å². The van der Waals surface area contributed by atoms with Crippen molar-refractivity contribution in [2.75, 3.05) is 19.9 Å². The van der Waals surface area contributed by atoms with Crippen molar-refractivity contribution in [3.63, 3.8) is 0 Å². The summed E-state index contributed by atoms with van der Waals surface area (Å²) in [4.78, 5) is 12.5. The summed E-state index contributed by atoms with van der Waals surface area (Å²) in [6.45, 7) is 0.719. The summed E-state index contributed by atoms with van der Waals surface area (Å²) in [6.07, 6.45) is -0.812. The lowest BCUT2D eigenvalue weighted by molar-refractivity contribution is -0.256. The average molecular weight is 218 g/mol. The third-order valence-corrected chi connectivity index (χ3v) is 1.70. The Bertz CT molecular complexity index is 152. The molecule has 0 saturated carbocycles. The summed E-state index contributed by atoms with van der Waals surface area (Å²) in [6, 6.07) is 0. The van der Waals surface area contributed by atoms with Crippen molar-refractivity contribution < 1.29 is 28.3 Å². The monoisotopic (exact) mass is 218 g/mol. The number of rotatable bonds is 6. The van der Waals surface area contributed by atoms with Gasteiger partial charge in [0.2, 0.25) is 0 Å². The lowest BCUT2D eigenvalue weighted by atomic mass is 10.4. The van der Waals surface area contributed by atoms with Crippen LogP contribution >= 0.6 is 20.5 Å². The van der Waals surface area contributed by atoms with Crippen LogP contribution in [0.5, 0.6) is 0 Å². The second kappa shape index (κ2) is 5.93. The normalized spacial score (nSPS) is 18.7. The smallest absolute Gasteiger partial charge is 0.324 e. The Morgan fingerprint density at radius 2 is 2.17 bits per heavy atom. The minimum absolute atomic E-state index is 0.0535. The molecule has 0 aliphatic carbocycles. The van der Waals surface area contributed by atoms with Crippen LogP contribution in [0, 0.1) is 0 Å². The number of hydrogen-bond donors (Lipinski definition) is 3. The van der Waals surface area contributed by atoms with E-state index in [-0.39, 0.29) is 13.2 Å². The lowest BCUT2D eigenvalue weighted by Gasteiger charge is -2.15. The van der Waals surface area contributed by atoms with E-state index in [1.54, 1.807) is 0 Å². The van der Waals surface area contributed by atoms with Gasteiger partial charge in [-0.15, -0.1) is 0 Å². The SMILES string of the molecule is CP(=O)(O)OC(COO)COS. The van der Waals surface area contributed by atoms with E-state index in [2.05, 4.69) is 26.5 Å². The zero-order valence-electron chi connectivity index (χ0n) is 6.41. The first-order chi connectivity index (χ1) is 5.49. The molecular weight excluding hydrogens is 207 g/mol. The van der Waals surface area contributed by atoms with Gasteiger partial charge in [-0.2, -0.15) is 0 Å². The first-order valence-corrected chi connectivity index (χ1v) is 5.40. The van der Waals surface area contributed by atoms with E-state index >= 15 is 0 Å². The second-order valence-electron chi connectivity index (χ2n) is 2.12. The fourth-order valence-electron chi connectivity index (χ4n) is 0.552. The molecule has 74 valence electrons. The van der Waals surface area contributed by atoms with Crippen molar-refractivity contribution in [3.05, 3.63) is 0 Å². The van der Waals surface area contributed by atoms with Gasteiger partial charge in [-0.25, -0.2) is 4.89 Å². The summed E-state index contributed by atoms with van der Waals surface area (Å²) in [5.41, 5.74) is 0. The quantitative estimate of drug-likeness (QED) is 0.198. The lowest BCUT2D eigenvalue weighted by Crippen LogP contribution is -2.22. The predicted octanol–water partition coefficient (Wildman–Crippen LogP) is 0.538. The molecule has 8 heteroatoms. The van der Waals surface area contributed by atoms with Gasteiger partial charge in [0.1, 0.15) is 12.7 Å². The average Bonchev–Trinajstić information content (AvgIpc) is 1.84. The van der Waals surface area contributed by atoms with Crippen LogP contribution in [0.3, 0.4) is 0 Å². The second-order valence-corrected chi connectivity index (χ2v) is 4.20. The molecule has 0 spiro atoms. The van der Waals surface area contributed by atoms with Crippen LogP contribution in [0.25, 0.3) is 0 Å². The molecule has 0 radical (unpaired) electrons. The zero-order chi connectivity index (χ0) is 9.61. The Morgan fingerprint density at radius 3 is 2.50 bits per heavy atom. The van der Waals surface area contributed by atoms with Gasteiger partial charge in [-0.1, -0.05) is 0 Å². The van der Waals surface area contributed by atoms with Crippen molar-refractivity contribution >= 4 is 20.5 Å². The van der Waals surface area contributed by atoms with Crippen molar-refractivity contribution in [1.82, 2.24) is 0 Å². The van der Waals surface area contributed by atoms with Gasteiger partial charge >= 0.3 is 7.60 Å². The molecule has 0 saturated heterocycles. The molecule has 2 unspecified atom stereocenters. The molecule has 0 aromatic carbocycles. The fraction of sp³-hybridized carbons (Fsp3) is 1.00. The maximum atomic E-state index is 10.7. The Hall–Kier alpha value is 0.380. The van der Waals surface area contributed by atoms with Crippen LogP contribution in [-0.2, 0) is 18.2 Å². The van der Waals surface area contributed by atoms with Gasteiger partial charge in [0, 0.05) is 6.66 Å². The highest BCUT2D eigenvalue weighted by atomic mass is 32.1. The summed E-state index contributed by atoms with van der Waals surface area (Å²) < 4.78 is 19.6. The van der Waals surface area contributed by atoms with Gasteiger partial charge in [-0.3, -0.25) is 9.82 Å². The molecule has 0 aliphatic heterocycles. The molecule has 0 aliphatic rings. The third kappa shape index (κ3) is 7.05. The van der Waals surface area contributed by atoms with Crippen LogP contribution < -0.4 is 0 Å². The molecule has 0 fully saturated rings. The molecular formula is C4H11O6PS. The molecule has 0 aromatic heterocycles. The van der Waals surface area contributed by atoms with Crippen LogP contribution in [0.1, 0.15) is 0 Å². The molecule has 0 bridgehead atoms. The van der Waals surface area contributed by atoms with E-state index in [9.17, 15) is 4.57 Å². The summed E-state index contributed by atoms with van der Waals surface area (Å²) in [7, 11) is -3.59. The fourth-order valence-corrected chi connectivity index (χ4v) is 1.39. The molecule has 2 atom stereocenters. The first-order valence-electron chi connectivity index (χ1n) is 3.01. The first kappa shape index (κ1) is 12.4. The molecule has 6 nitrogen and oxygen atoms in total. The number of thiol groups is 1. The van der Waals surface area contributed by atoms with Crippen LogP contribution in [-0.4, -0.2) is 36.1 Å². The van der Waals surface area contributed by atoms with E-state index in [0.29, 0.717) is 0 Å². The van der Waals surface area contributed by atoms with Crippen LogP contribution in [0.15, 0.2) is 0 Å². The van der Waals surface area contributed by atoms with Gasteiger partial charge in [0.25, 0.3) is 0 Å². The summed E-state index contributed by atoms with van der Waals surface area (Å²) in [5, 5.41) is 8.03. The molecule has 0 heterocycles. The summed E-state index contributed by atoms with van der Waals surface area (Å²) in [5.74, 6) is 0.